The van der Waals surface area contributed by atoms with Gasteiger partial charge in [0, 0.05) is 5.02 Å². The number of carbonyl (C=O) groups excluding carboxylic acids is 3. The van der Waals surface area contributed by atoms with E-state index in [0.717, 1.165) is 6.42 Å². The zero-order valence-electron chi connectivity index (χ0n) is 16.2. The van der Waals surface area contributed by atoms with Gasteiger partial charge in [-0.2, -0.15) is 0 Å². The molecule has 0 radical (unpaired) electrons. The Hall–Kier alpha value is -2.63. The van der Waals surface area contributed by atoms with E-state index in [2.05, 4.69) is 12.2 Å². The molecule has 1 aliphatic heterocycles. The van der Waals surface area contributed by atoms with E-state index in [0.29, 0.717) is 22.5 Å². The molecular weight excluding hydrogens is 437 g/mol. The van der Waals surface area contributed by atoms with Crippen LogP contribution in [0.25, 0.3) is 0 Å². The molecule has 31 heavy (non-hydrogen) atoms. The lowest BCUT2D eigenvalue weighted by molar-refractivity contribution is -0.124. The first-order valence-electron chi connectivity index (χ1n) is 10.3. The predicted octanol–water partition coefficient (Wildman–Crippen LogP) is 4.77. The molecular formula is C24H17Cl2NO4. The minimum absolute atomic E-state index is 0.122. The fraction of sp³-hybridized carbons (Fsp3) is 0.292. The Morgan fingerprint density at radius 2 is 1.52 bits per heavy atom. The average Bonchev–Trinajstić information content (AvgIpc) is 3.54. The molecule has 6 atom stereocenters. The van der Waals surface area contributed by atoms with Gasteiger partial charge in [0.25, 0.3) is 0 Å². The van der Waals surface area contributed by atoms with Gasteiger partial charge in [0.05, 0.1) is 28.1 Å². The summed E-state index contributed by atoms with van der Waals surface area (Å²) in [5.41, 5.74) is 0.771. The van der Waals surface area contributed by atoms with Gasteiger partial charge in [-0.05, 0) is 72.6 Å². The van der Waals surface area contributed by atoms with Crippen molar-refractivity contribution in [1.82, 2.24) is 0 Å². The van der Waals surface area contributed by atoms with Crippen molar-refractivity contribution in [2.75, 3.05) is 4.90 Å². The summed E-state index contributed by atoms with van der Waals surface area (Å²) in [7, 11) is 0. The average molecular weight is 454 g/mol. The maximum atomic E-state index is 13.2. The van der Waals surface area contributed by atoms with Crippen LogP contribution >= 0.6 is 23.2 Å². The summed E-state index contributed by atoms with van der Waals surface area (Å²) in [5, 5.41) is 0.672. The van der Waals surface area contributed by atoms with Crippen LogP contribution in [0.2, 0.25) is 10.0 Å². The van der Waals surface area contributed by atoms with Crippen molar-refractivity contribution in [3.05, 3.63) is 70.2 Å². The van der Waals surface area contributed by atoms with Crippen molar-refractivity contribution in [3.8, 4) is 5.75 Å². The van der Waals surface area contributed by atoms with Crippen LogP contribution in [0.4, 0.5) is 5.69 Å². The first-order chi connectivity index (χ1) is 14.9. The summed E-state index contributed by atoms with van der Waals surface area (Å²) < 4.78 is 5.34. The van der Waals surface area contributed by atoms with E-state index < -0.39 is 5.97 Å². The molecule has 2 bridgehead atoms. The Morgan fingerprint density at radius 3 is 2.10 bits per heavy atom. The monoisotopic (exact) mass is 453 g/mol. The second-order valence-corrected chi connectivity index (χ2v) is 9.52. The van der Waals surface area contributed by atoms with Crippen LogP contribution in [0, 0.1) is 35.5 Å². The lowest BCUT2D eigenvalue weighted by Crippen LogP contribution is -2.40. The summed E-state index contributed by atoms with van der Waals surface area (Å²) >= 11 is 11.9. The van der Waals surface area contributed by atoms with E-state index in [1.807, 2.05) is 0 Å². The Balaban J connectivity index is 1.23. The zero-order valence-corrected chi connectivity index (χ0v) is 17.7. The fourth-order valence-electron chi connectivity index (χ4n) is 5.67. The highest BCUT2D eigenvalue weighted by Crippen LogP contribution is 2.65. The number of benzene rings is 2. The number of ether oxygens (including phenoxy) is 1. The summed E-state index contributed by atoms with van der Waals surface area (Å²) in [5.74, 6) is 0.354. The second-order valence-electron chi connectivity index (χ2n) is 8.68. The maximum Gasteiger partial charge on any atom is 0.343 e. The van der Waals surface area contributed by atoms with Crippen molar-refractivity contribution in [2.45, 2.75) is 6.42 Å². The fourth-order valence-corrected chi connectivity index (χ4v) is 6.12. The molecule has 1 saturated heterocycles. The first-order valence-corrected chi connectivity index (χ1v) is 11.0. The van der Waals surface area contributed by atoms with Crippen LogP contribution in [-0.4, -0.2) is 17.8 Å². The standard InChI is InChI=1S/C24H17Cl2NO4/c25-12-3-8-19(18(26)9-12)31-24(30)11-1-4-13(5-2-11)27-22(28)20-14-6-7-15(17-10-16(14)17)21(20)23(27)29/h1-9,14-17,20-21H,10H2/t14-,15-,16-,17-,20+,21+/m1/s1. The van der Waals surface area contributed by atoms with Gasteiger partial charge in [-0.25, -0.2) is 4.79 Å². The Morgan fingerprint density at radius 1 is 0.903 bits per heavy atom. The van der Waals surface area contributed by atoms with Crippen molar-refractivity contribution in [1.29, 1.82) is 0 Å². The van der Waals surface area contributed by atoms with Crippen molar-refractivity contribution in [2.24, 2.45) is 35.5 Å². The number of rotatable bonds is 3. The van der Waals surface area contributed by atoms with Gasteiger partial charge in [0.2, 0.25) is 11.8 Å². The van der Waals surface area contributed by atoms with E-state index in [-0.39, 0.29) is 51.8 Å². The van der Waals surface area contributed by atoms with Crippen LogP contribution in [-0.2, 0) is 9.59 Å². The number of allylic oxidation sites excluding steroid dienone is 2. The highest BCUT2D eigenvalue weighted by Gasteiger charge is 2.67. The van der Waals surface area contributed by atoms with Crippen LogP contribution in [0.15, 0.2) is 54.6 Å². The number of amides is 2. The number of hydrogen-bond donors (Lipinski definition) is 0. The van der Waals surface area contributed by atoms with Gasteiger partial charge in [0.1, 0.15) is 5.75 Å². The molecule has 0 spiro atoms. The largest absolute Gasteiger partial charge is 0.421 e. The second kappa shape index (κ2) is 6.68. The topological polar surface area (TPSA) is 63.7 Å². The molecule has 0 N–H and O–H groups in total. The minimum Gasteiger partial charge on any atom is -0.421 e. The van der Waals surface area contributed by atoms with Crippen molar-refractivity contribution >= 4 is 46.7 Å². The first kappa shape index (κ1) is 19.1. The van der Waals surface area contributed by atoms with E-state index >= 15 is 0 Å². The number of imide groups is 1. The van der Waals surface area contributed by atoms with Crippen LogP contribution in [0.1, 0.15) is 16.8 Å². The molecule has 2 saturated carbocycles. The van der Waals surface area contributed by atoms with E-state index in [4.69, 9.17) is 27.9 Å². The predicted molar refractivity (Wildman–Crippen MR) is 115 cm³/mol. The molecule has 0 unspecified atom stereocenters. The quantitative estimate of drug-likeness (QED) is 0.290. The summed E-state index contributed by atoms with van der Waals surface area (Å²) in [4.78, 5) is 40.2. The third kappa shape index (κ3) is 2.80. The Labute approximate surface area is 188 Å². The Bertz CT molecular complexity index is 1140. The van der Waals surface area contributed by atoms with Gasteiger partial charge >= 0.3 is 5.97 Å². The molecule has 2 aromatic rings. The zero-order chi connectivity index (χ0) is 21.4. The number of hydrogen-bond acceptors (Lipinski definition) is 4. The normalized spacial score (nSPS) is 32.1. The molecule has 3 fully saturated rings. The molecule has 156 valence electrons. The minimum atomic E-state index is -0.592. The molecule has 5 aliphatic rings. The number of carbonyl (C=O) groups is 3. The van der Waals surface area contributed by atoms with Crippen molar-refractivity contribution < 1.29 is 19.1 Å². The molecule has 2 aromatic carbocycles. The van der Waals surface area contributed by atoms with Crippen LogP contribution in [0.5, 0.6) is 5.75 Å². The number of anilines is 1. The van der Waals surface area contributed by atoms with Crippen LogP contribution < -0.4 is 9.64 Å². The molecule has 7 heteroatoms. The SMILES string of the molecule is O=C(Oc1ccc(Cl)cc1Cl)c1ccc(N2C(=O)[C@H]3[C@@H]4C=C[C@H]([C@H]5C[C@H]45)[C@@H]3C2=O)cc1. The number of nitrogens with zero attached hydrogens (tertiary/aromatic N) is 1. The molecule has 5 nitrogen and oxygen atoms in total. The lowest BCUT2D eigenvalue weighted by Gasteiger charge is -2.37. The molecule has 4 aliphatic carbocycles. The number of esters is 1. The van der Waals surface area contributed by atoms with Gasteiger partial charge in [0.15, 0.2) is 0 Å². The summed E-state index contributed by atoms with van der Waals surface area (Å²) in [6, 6.07) is 10.9. The van der Waals surface area contributed by atoms with E-state index in [1.165, 1.54) is 17.0 Å². The van der Waals surface area contributed by atoms with Gasteiger partial charge in [-0.15, -0.1) is 0 Å². The number of halogens is 2. The lowest BCUT2D eigenvalue weighted by atomic mass is 9.63. The molecule has 7 rings (SSSR count). The molecule has 2 amide bonds. The molecule has 0 aromatic heterocycles. The van der Waals surface area contributed by atoms with Gasteiger partial charge in [-0.1, -0.05) is 35.4 Å². The highest BCUT2D eigenvalue weighted by atomic mass is 35.5. The van der Waals surface area contributed by atoms with Gasteiger partial charge in [-0.3, -0.25) is 14.5 Å². The summed E-state index contributed by atoms with van der Waals surface area (Å²) in [6.45, 7) is 0. The third-order valence-electron chi connectivity index (χ3n) is 7.12. The van der Waals surface area contributed by atoms with Crippen molar-refractivity contribution in [3.63, 3.8) is 0 Å². The van der Waals surface area contributed by atoms with Gasteiger partial charge < -0.3 is 4.74 Å². The highest BCUT2D eigenvalue weighted by molar-refractivity contribution is 6.35. The smallest absolute Gasteiger partial charge is 0.343 e. The Kier molecular flexibility index (Phi) is 4.11. The van der Waals surface area contributed by atoms with E-state index in [9.17, 15) is 14.4 Å². The van der Waals surface area contributed by atoms with Crippen LogP contribution in [0.3, 0.4) is 0 Å². The maximum absolute atomic E-state index is 13.2. The third-order valence-corrected chi connectivity index (χ3v) is 7.65. The van der Waals surface area contributed by atoms with E-state index in [1.54, 1.807) is 30.3 Å². The molecule has 1 heterocycles. The summed E-state index contributed by atoms with van der Waals surface area (Å²) in [6.07, 6.45) is 5.43.